The summed E-state index contributed by atoms with van der Waals surface area (Å²) in [7, 11) is -3.57. The Morgan fingerprint density at radius 2 is 2.07 bits per heavy atom. The number of nitrogens with one attached hydrogen (secondary N) is 2. The van der Waals surface area contributed by atoms with Gasteiger partial charge in [0.15, 0.2) is 5.65 Å². The van der Waals surface area contributed by atoms with Gasteiger partial charge in [-0.3, -0.25) is 19.3 Å². The first-order valence-corrected chi connectivity index (χ1v) is 10.2. The van der Waals surface area contributed by atoms with Crippen LogP contribution in [0.4, 0.5) is 0 Å². The topological polar surface area (TPSA) is 161 Å². The lowest BCUT2D eigenvalue weighted by Gasteiger charge is -2.07. The lowest BCUT2D eigenvalue weighted by molar-refractivity contribution is -0.119. The van der Waals surface area contributed by atoms with Crippen molar-refractivity contribution in [1.82, 2.24) is 24.7 Å². The first-order valence-electron chi connectivity index (χ1n) is 8.33. The molecule has 0 aliphatic heterocycles. The molecule has 146 valence electrons. The number of imidazole rings is 1. The van der Waals surface area contributed by atoms with Gasteiger partial charge >= 0.3 is 0 Å². The average molecular weight is 402 g/mol. The van der Waals surface area contributed by atoms with Crippen LogP contribution in [-0.4, -0.2) is 46.4 Å². The molecule has 3 heterocycles. The smallest absolute Gasteiger partial charge is 0.268 e. The fourth-order valence-corrected chi connectivity index (χ4v) is 3.22. The zero-order valence-electron chi connectivity index (χ0n) is 15.0. The molecule has 3 aromatic rings. The molecule has 0 saturated carbocycles. The molecule has 0 spiro atoms. The summed E-state index contributed by atoms with van der Waals surface area (Å²) in [6.45, 7) is 0. The molecule has 0 bridgehead atoms. The van der Waals surface area contributed by atoms with Crippen molar-refractivity contribution in [2.24, 2.45) is 5.73 Å². The molecule has 3 aromatic heterocycles. The van der Waals surface area contributed by atoms with Gasteiger partial charge in [0, 0.05) is 24.4 Å². The van der Waals surface area contributed by atoms with Gasteiger partial charge in [-0.15, -0.1) is 0 Å². The van der Waals surface area contributed by atoms with Gasteiger partial charge in [-0.1, -0.05) is 0 Å². The van der Waals surface area contributed by atoms with E-state index in [1.54, 1.807) is 24.4 Å². The SMILES string of the molecule is CS(=O)(=O)NC(=O)CCCc1cnc(C(N)=O)c(-c2nc3ncccc3[nH]2)c1. The maximum Gasteiger partial charge on any atom is 0.268 e. The third-order valence-electron chi connectivity index (χ3n) is 3.86. The Hall–Kier alpha value is -3.34. The zero-order valence-corrected chi connectivity index (χ0v) is 15.8. The molecular weight excluding hydrogens is 384 g/mol. The Morgan fingerprint density at radius 3 is 2.75 bits per heavy atom. The monoisotopic (exact) mass is 402 g/mol. The number of carbonyl (C=O) groups is 2. The van der Waals surface area contributed by atoms with Gasteiger partial charge in [-0.2, -0.15) is 0 Å². The maximum absolute atomic E-state index is 11.8. The minimum absolute atomic E-state index is 0.0362. The molecule has 0 unspecified atom stereocenters. The Balaban J connectivity index is 1.82. The predicted octanol–water partition coefficient (Wildman–Crippen LogP) is 0.517. The number of fused-ring (bicyclic) bond motifs is 1. The number of hydrogen-bond acceptors (Lipinski definition) is 7. The van der Waals surface area contributed by atoms with Gasteiger partial charge in [0.25, 0.3) is 5.91 Å². The van der Waals surface area contributed by atoms with E-state index >= 15 is 0 Å². The van der Waals surface area contributed by atoms with Crippen LogP contribution < -0.4 is 10.5 Å². The quantitative estimate of drug-likeness (QED) is 0.519. The fourth-order valence-electron chi connectivity index (χ4n) is 2.71. The third kappa shape index (κ3) is 4.68. The summed E-state index contributed by atoms with van der Waals surface area (Å²) in [4.78, 5) is 39.1. The highest BCUT2D eigenvalue weighted by Gasteiger charge is 2.17. The highest BCUT2D eigenvalue weighted by Crippen LogP contribution is 2.23. The molecule has 10 nitrogen and oxygen atoms in total. The van der Waals surface area contributed by atoms with Crippen LogP contribution in [-0.2, 0) is 21.2 Å². The van der Waals surface area contributed by atoms with Gasteiger partial charge in [0.05, 0.1) is 11.8 Å². The molecule has 2 amide bonds. The van der Waals surface area contributed by atoms with Crippen LogP contribution in [0.5, 0.6) is 0 Å². The Bertz CT molecular complexity index is 1120. The van der Waals surface area contributed by atoms with Gasteiger partial charge in [0.1, 0.15) is 11.5 Å². The van der Waals surface area contributed by atoms with E-state index in [-0.39, 0.29) is 12.1 Å². The molecular formula is C17H18N6O4S. The van der Waals surface area contributed by atoms with Crippen molar-refractivity contribution in [1.29, 1.82) is 0 Å². The number of pyridine rings is 2. The van der Waals surface area contributed by atoms with Gasteiger partial charge < -0.3 is 10.7 Å². The summed E-state index contributed by atoms with van der Waals surface area (Å²) in [5.74, 6) is -0.859. The number of H-pyrrole nitrogens is 1. The van der Waals surface area contributed by atoms with Crippen molar-refractivity contribution in [3.05, 3.63) is 41.9 Å². The van der Waals surface area contributed by atoms with E-state index < -0.39 is 21.8 Å². The van der Waals surface area contributed by atoms with E-state index in [9.17, 15) is 18.0 Å². The Kier molecular flexibility index (Phi) is 5.36. The highest BCUT2D eigenvalue weighted by molar-refractivity contribution is 7.89. The van der Waals surface area contributed by atoms with E-state index in [0.717, 1.165) is 11.8 Å². The number of rotatable bonds is 7. The fraction of sp³-hybridized carbons (Fsp3) is 0.235. The van der Waals surface area contributed by atoms with Crippen molar-refractivity contribution in [2.45, 2.75) is 19.3 Å². The third-order valence-corrected chi connectivity index (χ3v) is 4.46. The second-order valence-electron chi connectivity index (χ2n) is 6.21. The number of sulfonamides is 1. The van der Waals surface area contributed by atoms with Crippen molar-refractivity contribution >= 4 is 33.0 Å². The first kappa shape index (κ1) is 19.4. The molecule has 3 rings (SSSR count). The van der Waals surface area contributed by atoms with Crippen molar-refractivity contribution in [3.63, 3.8) is 0 Å². The lowest BCUT2D eigenvalue weighted by Crippen LogP contribution is -2.29. The number of aromatic amines is 1. The summed E-state index contributed by atoms with van der Waals surface area (Å²) in [6, 6.07) is 5.29. The number of nitrogens with two attached hydrogens (primary N) is 1. The van der Waals surface area contributed by atoms with E-state index in [4.69, 9.17) is 5.73 Å². The molecule has 0 aliphatic rings. The Morgan fingerprint density at radius 1 is 1.29 bits per heavy atom. The minimum Gasteiger partial charge on any atom is -0.364 e. The lowest BCUT2D eigenvalue weighted by atomic mass is 10.1. The second kappa shape index (κ2) is 7.72. The number of primary amides is 1. The van der Waals surface area contributed by atoms with E-state index in [1.165, 1.54) is 6.20 Å². The molecule has 0 aliphatic carbocycles. The van der Waals surface area contributed by atoms with E-state index in [0.29, 0.717) is 35.4 Å². The molecule has 0 atom stereocenters. The minimum atomic E-state index is -3.57. The highest BCUT2D eigenvalue weighted by atomic mass is 32.2. The van der Waals surface area contributed by atoms with Crippen LogP contribution in [0, 0.1) is 0 Å². The second-order valence-corrected chi connectivity index (χ2v) is 7.96. The van der Waals surface area contributed by atoms with Crippen LogP contribution >= 0.6 is 0 Å². The molecule has 28 heavy (non-hydrogen) atoms. The standard InChI is InChI=1S/C17H18N6O4S/c1-28(26,27)23-13(24)6-2-4-10-8-11(14(15(18)25)20-9-10)16-21-12-5-3-7-19-17(12)22-16/h3,5,7-9H,2,4,6H2,1H3,(H2,18,25)(H,23,24)(H,19,21,22). The molecule has 11 heteroatoms. The van der Waals surface area contributed by atoms with Gasteiger partial charge in [0.2, 0.25) is 15.9 Å². The van der Waals surface area contributed by atoms with E-state index in [1.807, 2.05) is 4.72 Å². The van der Waals surface area contributed by atoms with Crippen LogP contribution in [0.25, 0.3) is 22.6 Å². The number of carbonyl (C=O) groups excluding carboxylic acids is 2. The van der Waals surface area contributed by atoms with E-state index in [2.05, 4.69) is 19.9 Å². The largest absolute Gasteiger partial charge is 0.364 e. The van der Waals surface area contributed by atoms with Crippen molar-refractivity contribution in [3.8, 4) is 11.4 Å². The molecule has 0 aromatic carbocycles. The average Bonchev–Trinajstić information content (AvgIpc) is 3.04. The summed E-state index contributed by atoms with van der Waals surface area (Å²) in [5.41, 5.74) is 7.88. The number of nitrogens with zero attached hydrogens (tertiary/aromatic N) is 3. The van der Waals surface area contributed by atoms with Crippen LogP contribution in [0.1, 0.15) is 28.9 Å². The summed E-state index contributed by atoms with van der Waals surface area (Å²) in [6.07, 6.45) is 4.92. The van der Waals surface area contributed by atoms with Crippen LogP contribution in [0.15, 0.2) is 30.6 Å². The first-order chi connectivity index (χ1) is 13.2. The maximum atomic E-state index is 11.8. The molecule has 0 radical (unpaired) electrons. The number of aromatic nitrogens is 4. The Labute approximate surface area is 160 Å². The molecule has 0 saturated heterocycles. The summed E-state index contributed by atoms with van der Waals surface area (Å²) < 4.78 is 24.0. The normalized spacial score (nSPS) is 11.5. The number of hydrogen-bond donors (Lipinski definition) is 3. The number of aryl methyl sites for hydroxylation is 1. The summed E-state index contributed by atoms with van der Waals surface area (Å²) in [5, 5.41) is 0. The van der Waals surface area contributed by atoms with Gasteiger partial charge in [-0.05, 0) is 36.6 Å². The van der Waals surface area contributed by atoms with Crippen molar-refractivity contribution in [2.75, 3.05) is 6.26 Å². The van der Waals surface area contributed by atoms with Gasteiger partial charge in [-0.25, -0.2) is 18.4 Å². The van der Waals surface area contributed by atoms with Crippen LogP contribution in [0.2, 0.25) is 0 Å². The summed E-state index contributed by atoms with van der Waals surface area (Å²) >= 11 is 0. The number of amides is 2. The zero-order chi connectivity index (χ0) is 20.3. The predicted molar refractivity (Wildman–Crippen MR) is 102 cm³/mol. The molecule has 4 N–H and O–H groups in total. The van der Waals surface area contributed by atoms with Crippen LogP contribution in [0.3, 0.4) is 0 Å². The molecule has 0 fully saturated rings. The van der Waals surface area contributed by atoms with Crippen molar-refractivity contribution < 1.29 is 18.0 Å².